The lowest BCUT2D eigenvalue weighted by molar-refractivity contribution is -0.171. The first kappa shape index (κ1) is 22.0. The summed E-state index contributed by atoms with van der Waals surface area (Å²) in [7, 11) is 0. The van der Waals surface area contributed by atoms with Crippen molar-refractivity contribution in [3.05, 3.63) is 29.8 Å². The quantitative estimate of drug-likeness (QED) is 0.667. The van der Waals surface area contributed by atoms with Gasteiger partial charge in [0.05, 0.1) is 12.5 Å². The van der Waals surface area contributed by atoms with Crippen LogP contribution >= 0.6 is 0 Å². The van der Waals surface area contributed by atoms with Gasteiger partial charge in [-0.3, -0.25) is 4.79 Å². The zero-order valence-electron chi connectivity index (χ0n) is 17.2. The molecule has 146 valence electrons. The molecule has 2 unspecified atom stereocenters. The third-order valence-corrected chi connectivity index (χ3v) is 4.08. The standard InChI is InChI=1S/C21H32O5/c1-9-24-18(22)15(3)14(2)16-10-12-17(13-11-16)25-21(7,8)19(23)26-20(4,5)6/h10-15H,9H2,1-8H3. The Morgan fingerprint density at radius 3 is 2.00 bits per heavy atom. The Kier molecular flexibility index (Phi) is 7.25. The van der Waals surface area contributed by atoms with E-state index in [1.807, 2.05) is 46.8 Å². The molecular weight excluding hydrogens is 332 g/mol. The maximum Gasteiger partial charge on any atom is 0.350 e. The van der Waals surface area contributed by atoms with Crippen LogP contribution in [0.4, 0.5) is 0 Å². The summed E-state index contributed by atoms with van der Waals surface area (Å²) in [5.41, 5.74) is -0.660. The van der Waals surface area contributed by atoms with Gasteiger partial charge in [-0.05, 0) is 65.2 Å². The van der Waals surface area contributed by atoms with Crippen LogP contribution in [0.3, 0.4) is 0 Å². The molecule has 2 atom stereocenters. The molecule has 1 rings (SSSR count). The van der Waals surface area contributed by atoms with Crippen molar-refractivity contribution in [2.45, 2.75) is 72.5 Å². The highest BCUT2D eigenvalue weighted by Gasteiger charge is 2.34. The number of carbonyl (C=O) groups is 2. The average Bonchev–Trinajstić information content (AvgIpc) is 2.52. The van der Waals surface area contributed by atoms with E-state index in [0.717, 1.165) is 5.56 Å². The minimum Gasteiger partial charge on any atom is -0.476 e. The Labute approximate surface area is 157 Å². The third kappa shape index (κ3) is 6.36. The second-order valence-electron chi connectivity index (χ2n) is 8.01. The van der Waals surface area contributed by atoms with Gasteiger partial charge in [0, 0.05) is 0 Å². The fourth-order valence-electron chi connectivity index (χ4n) is 2.34. The first-order chi connectivity index (χ1) is 11.9. The van der Waals surface area contributed by atoms with Crippen LogP contribution in [-0.4, -0.2) is 29.7 Å². The Balaban J connectivity index is 2.81. The number of rotatable bonds is 7. The lowest BCUT2D eigenvalue weighted by Gasteiger charge is -2.29. The number of esters is 2. The second-order valence-corrected chi connectivity index (χ2v) is 8.01. The molecular formula is C21H32O5. The SMILES string of the molecule is CCOC(=O)C(C)C(C)c1ccc(OC(C)(C)C(=O)OC(C)(C)C)cc1. The zero-order chi connectivity index (χ0) is 20.1. The molecule has 0 aliphatic heterocycles. The molecule has 0 aliphatic carbocycles. The molecule has 26 heavy (non-hydrogen) atoms. The summed E-state index contributed by atoms with van der Waals surface area (Å²) in [4.78, 5) is 24.2. The van der Waals surface area contributed by atoms with E-state index < -0.39 is 17.2 Å². The van der Waals surface area contributed by atoms with Crippen molar-refractivity contribution in [2.75, 3.05) is 6.61 Å². The molecule has 1 aromatic carbocycles. The Morgan fingerprint density at radius 1 is 1.00 bits per heavy atom. The maximum absolute atomic E-state index is 12.3. The van der Waals surface area contributed by atoms with E-state index in [4.69, 9.17) is 14.2 Å². The summed E-state index contributed by atoms with van der Waals surface area (Å²) in [6.07, 6.45) is 0. The number of hydrogen-bond acceptors (Lipinski definition) is 5. The molecule has 1 aromatic rings. The number of hydrogen-bond donors (Lipinski definition) is 0. The van der Waals surface area contributed by atoms with Crippen molar-refractivity contribution >= 4 is 11.9 Å². The van der Waals surface area contributed by atoms with E-state index >= 15 is 0 Å². The second kappa shape index (κ2) is 8.56. The number of benzene rings is 1. The van der Waals surface area contributed by atoms with Gasteiger partial charge in [-0.15, -0.1) is 0 Å². The first-order valence-electron chi connectivity index (χ1n) is 9.06. The van der Waals surface area contributed by atoms with Crippen molar-refractivity contribution in [3.63, 3.8) is 0 Å². The molecule has 0 amide bonds. The Morgan fingerprint density at radius 2 is 1.54 bits per heavy atom. The lowest BCUT2D eigenvalue weighted by atomic mass is 9.89. The summed E-state index contributed by atoms with van der Waals surface area (Å²) < 4.78 is 16.3. The van der Waals surface area contributed by atoms with Gasteiger partial charge in [0.15, 0.2) is 5.60 Å². The minimum atomic E-state index is -1.10. The van der Waals surface area contributed by atoms with Gasteiger partial charge in [0.1, 0.15) is 11.4 Å². The van der Waals surface area contributed by atoms with Gasteiger partial charge in [-0.25, -0.2) is 4.79 Å². The summed E-state index contributed by atoms with van der Waals surface area (Å²) in [6.45, 7) is 14.9. The van der Waals surface area contributed by atoms with Crippen LogP contribution in [0.15, 0.2) is 24.3 Å². The summed E-state index contributed by atoms with van der Waals surface area (Å²) >= 11 is 0. The topological polar surface area (TPSA) is 61.8 Å². The summed E-state index contributed by atoms with van der Waals surface area (Å²) in [5.74, 6) is -0.271. The fourth-order valence-corrected chi connectivity index (χ4v) is 2.34. The first-order valence-corrected chi connectivity index (χ1v) is 9.06. The Bertz CT molecular complexity index is 610. The molecule has 0 aliphatic rings. The molecule has 0 heterocycles. The van der Waals surface area contributed by atoms with Gasteiger partial charge in [0.2, 0.25) is 0 Å². The lowest BCUT2D eigenvalue weighted by Crippen LogP contribution is -2.43. The predicted molar refractivity (Wildman–Crippen MR) is 101 cm³/mol. The van der Waals surface area contributed by atoms with Crippen LogP contribution < -0.4 is 4.74 Å². The van der Waals surface area contributed by atoms with Crippen molar-refractivity contribution < 1.29 is 23.8 Å². The van der Waals surface area contributed by atoms with Crippen molar-refractivity contribution in [3.8, 4) is 5.75 Å². The van der Waals surface area contributed by atoms with E-state index in [2.05, 4.69) is 0 Å². The molecule has 0 saturated carbocycles. The number of carbonyl (C=O) groups excluding carboxylic acids is 2. The number of ether oxygens (including phenoxy) is 3. The molecule has 0 N–H and O–H groups in total. The molecule has 0 spiro atoms. The van der Waals surface area contributed by atoms with Gasteiger partial charge < -0.3 is 14.2 Å². The largest absolute Gasteiger partial charge is 0.476 e. The van der Waals surface area contributed by atoms with Crippen molar-refractivity contribution in [1.82, 2.24) is 0 Å². The monoisotopic (exact) mass is 364 g/mol. The molecule has 0 fully saturated rings. The normalized spacial score (nSPS) is 14.3. The van der Waals surface area contributed by atoms with Crippen LogP contribution in [0.5, 0.6) is 5.75 Å². The molecule has 0 saturated heterocycles. The van der Waals surface area contributed by atoms with Gasteiger partial charge in [0.25, 0.3) is 0 Å². The zero-order valence-corrected chi connectivity index (χ0v) is 17.2. The van der Waals surface area contributed by atoms with Gasteiger partial charge in [-0.1, -0.05) is 26.0 Å². The van der Waals surface area contributed by atoms with Crippen LogP contribution in [0.2, 0.25) is 0 Å². The highest BCUT2D eigenvalue weighted by Crippen LogP contribution is 2.28. The van der Waals surface area contributed by atoms with Crippen LogP contribution in [0.1, 0.15) is 66.9 Å². The van der Waals surface area contributed by atoms with E-state index in [1.165, 1.54) is 0 Å². The smallest absolute Gasteiger partial charge is 0.350 e. The molecule has 5 heteroatoms. The van der Waals surface area contributed by atoms with Crippen LogP contribution in [-0.2, 0) is 19.1 Å². The molecule has 0 radical (unpaired) electrons. The van der Waals surface area contributed by atoms with E-state index in [0.29, 0.717) is 12.4 Å². The molecule has 0 bridgehead atoms. The highest BCUT2D eigenvalue weighted by molar-refractivity contribution is 5.79. The van der Waals surface area contributed by atoms with Crippen LogP contribution in [0, 0.1) is 5.92 Å². The summed E-state index contributed by atoms with van der Waals surface area (Å²) in [5, 5.41) is 0. The van der Waals surface area contributed by atoms with Crippen LogP contribution in [0.25, 0.3) is 0 Å². The Hall–Kier alpha value is -2.04. The molecule has 0 aromatic heterocycles. The third-order valence-electron chi connectivity index (χ3n) is 4.08. The summed E-state index contributed by atoms with van der Waals surface area (Å²) in [6, 6.07) is 7.41. The van der Waals surface area contributed by atoms with Gasteiger partial charge >= 0.3 is 11.9 Å². The highest BCUT2D eigenvalue weighted by atomic mass is 16.6. The van der Waals surface area contributed by atoms with Crippen molar-refractivity contribution in [2.24, 2.45) is 5.92 Å². The van der Waals surface area contributed by atoms with E-state index in [-0.39, 0.29) is 17.8 Å². The minimum absolute atomic E-state index is 0.0157. The van der Waals surface area contributed by atoms with Crippen molar-refractivity contribution in [1.29, 1.82) is 0 Å². The fraction of sp³-hybridized carbons (Fsp3) is 0.619. The van der Waals surface area contributed by atoms with E-state index in [1.54, 1.807) is 32.9 Å². The molecule has 5 nitrogen and oxygen atoms in total. The van der Waals surface area contributed by atoms with Gasteiger partial charge in [-0.2, -0.15) is 0 Å². The average molecular weight is 364 g/mol. The van der Waals surface area contributed by atoms with E-state index in [9.17, 15) is 9.59 Å². The predicted octanol–water partition coefficient (Wildman–Crippen LogP) is 4.49. The maximum atomic E-state index is 12.3.